The molecule has 5 heteroatoms. The van der Waals surface area contributed by atoms with Crippen molar-refractivity contribution >= 4 is 38.0 Å². The summed E-state index contributed by atoms with van der Waals surface area (Å²) < 4.78 is 1.02. The van der Waals surface area contributed by atoms with Gasteiger partial charge in [0.25, 0.3) is 0 Å². The molecule has 1 fully saturated rings. The summed E-state index contributed by atoms with van der Waals surface area (Å²) in [4.78, 5) is 12.1. The van der Waals surface area contributed by atoms with Crippen LogP contribution in [0.3, 0.4) is 0 Å². The summed E-state index contributed by atoms with van der Waals surface area (Å²) in [6, 6.07) is 0. The number of amides is 1. The van der Waals surface area contributed by atoms with E-state index in [0.29, 0.717) is 18.4 Å². The largest absolute Gasteiger partial charge is 0.465 e. The summed E-state index contributed by atoms with van der Waals surface area (Å²) in [5.74, 6) is 1.15. The molecule has 0 saturated heterocycles. The molecular weight excluding hydrogens is 338 g/mol. The fourth-order valence-electron chi connectivity index (χ4n) is 2.18. The third kappa shape index (κ3) is 4.87. The summed E-state index contributed by atoms with van der Waals surface area (Å²) in [5.41, 5.74) is 0. The van der Waals surface area contributed by atoms with E-state index in [1.165, 1.54) is 4.90 Å². The Labute approximate surface area is 113 Å². The average Bonchev–Trinajstić information content (AvgIpc) is 2.20. The van der Waals surface area contributed by atoms with Crippen LogP contribution in [0.5, 0.6) is 0 Å². The first-order valence-corrected chi connectivity index (χ1v) is 7.04. The molecule has 1 rings (SSSR count). The summed E-state index contributed by atoms with van der Waals surface area (Å²) in [6.45, 7) is 0.668. The molecule has 0 aromatic carbocycles. The minimum atomic E-state index is -0.828. The van der Waals surface area contributed by atoms with Crippen molar-refractivity contribution in [3.05, 3.63) is 9.47 Å². The number of hydrogen-bond acceptors (Lipinski definition) is 1. The topological polar surface area (TPSA) is 40.5 Å². The number of rotatable bonds is 3. The molecule has 3 nitrogen and oxygen atoms in total. The molecule has 16 heavy (non-hydrogen) atoms. The monoisotopic (exact) mass is 353 g/mol. The van der Waals surface area contributed by atoms with Gasteiger partial charge in [-0.25, -0.2) is 4.79 Å². The average molecular weight is 355 g/mol. The molecule has 0 aromatic rings. The van der Waals surface area contributed by atoms with Gasteiger partial charge in [-0.05, 0) is 69.4 Å². The van der Waals surface area contributed by atoms with E-state index in [4.69, 9.17) is 5.11 Å². The van der Waals surface area contributed by atoms with E-state index in [2.05, 4.69) is 37.9 Å². The summed E-state index contributed by atoms with van der Waals surface area (Å²) >= 11 is 6.75. The minimum Gasteiger partial charge on any atom is -0.465 e. The summed E-state index contributed by atoms with van der Waals surface area (Å²) in [6.07, 6.45) is 5.90. The lowest BCUT2D eigenvalue weighted by Gasteiger charge is -2.29. The molecule has 0 spiro atoms. The SMILES string of the molecule is CN(CC1CCC(C=C(Br)Br)CC1)C(=O)O. The third-order valence-electron chi connectivity index (χ3n) is 3.11. The highest BCUT2D eigenvalue weighted by Crippen LogP contribution is 2.32. The molecule has 0 aromatic heterocycles. The van der Waals surface area contributed by atoms with Crippen molar-refractivity contribution in [3.8, 4) is 0 Å². The zero-order chi connectivity index (χ0) is 12.1. The molecule has 1 aliphatic rings. The van der Waals surface area contributed by atoms with Gasteiger partial charge >= 0.3 is 6.09 Å². The van der Waals surface area contributed by atoms with Gasteiger partial charge in [-0.2, -0.15) is 0 Å². The number of carboxylic acid groups (broad SMARTS) is 1. The normalized spacial score (nSPS) is 24.9. The standard InChI is InChI=1S/C11H17Br2NO2/c1-14(11(15)16)7-9-4-2-8(3-5-9)6-10(12)13/h6,8-9H,2-5,7H2,1H3,(H,15,16). The maximum Gasteiger partial charge on any atom is 0.407 e. The predicted molar refractivity (Wildman–Crippen MR) is 72.0 cm³/mol. The number of hydrogen-bond donors (Lipinski definition) is 1. The quantitative estimate of drug-likeness (QED) is 0.831. The van der Waals surface area contributed by atoms with Crippen LogP contribution in [0.25, 0.3) is 0 Å². The Bertz CT molecular complexity index is 269. The van der Waals surface area contributed by atoms with Crippen LogP contribution < -0.4 is 0 Å². The summed E-state index contributed by atoms with van der Waals surface area (Å²) in [5, 5.41) is 8.79. The van der Waals surface area contributed by atoms with Gasteiger partial charge in [0.1, 0.15) is 0 Å². The Morgan fingerprint density at radius 2 is 1.94 bits per heavy atom. The van der Waals surface area contributed by atoms with E-state index in [9.17, 15) is 4.79 Å². The minimum absolute atomic E-state index is 0.528. The second kappa shape index (κ2) is 6.64. The van der Waals surface area contributed by atoms with Crippen molar-refractivity contribution in [3.63, 3.8) is 0 Å². The molecule has 0 aliphatic heterocycles. The molecule has 0 bridgehead atoms. The van der Waals surface area contributed by atoms with Crippen LogP contribution in [0.4, 0.5) is 4.79 Å². The van der Waals surface area contributed by atoms with Crippen molar-refractivity contribution in [2.24, 2.45) is 11.8 Å². The second-order valence-electron chi connectivity index (χ2n) is 4.40. The van der Waals surface area contributed by atoms with Gasteiger partial charge in [0.15, 0.2) is 0 Å². The number of carbonyl (C=O) groups is 1. The van der Waals surface area contributed by atoms with E-state index in [-0.39, 0.29) is 0 Å². The van der Waals surface area contributed by atoms with Crippen LogP contribution in [-0.2, 0) is 0 Å². The number of halogens is 2. The fourth-order valence-corrected chi connectivity index (χ4v) is 2.93. The van der Waals surface area contributed by atoms with Crippen molar-refractivity contribution < 1.29 is 9.90 Å². The first-order chi connectivity index (χ1) is 7.49. The van der Waals surface area contributed by atoms with Gasteiger partial charge in [-0.1, -0.05) is 6.08 Å². The molecule has 0 heterocycles. The molecule has 1 N–H and O–H groups in total. The van der Waals surface area contributed by atoms with Gasteiger partial charge in [0, 0.05) is 13.6 Å². The maximum absolute atomic E-state index is 10.7. The van der Waals surface area contributed by atoms with Crippen molar-refractivity contribution in [1.82, 2.24) is 4.90 Å². The van der Waals surface area contributed by atoms with E-state index in [1.807, 2.05) is 0 Å². The van der Waals surface area contributed by atoms with Crippen LogP contribution in [0.2, 0.25) is 0 Å². The molecule has 1 saturated carbocycles. The molecule has 1 aliphatic carbocycles. The predicted octanol–water partition coefficient (Wildman–Crippen LogP) is 4.03. The zero-order valence-electron chi connectivity index (χ0n) is 9.33. The number of allylic oxidation sites excluding steroid dienone is 1. The highest BCUT2D eigenvalue weighted by Gasteiger charge is 2.22. The van der Waals surface area contributed by atoms with E-state index >= 15 is 0 Å². The van der Waals surface area contributed by atoms with E-state index in [0.717, 1.165) is 29.1 Å². The molecule has 0 atom stereocenters. The molecular formula is C11H17Br2NO2. The Kier molecular flexibility index (Phi) is 5.83. The van der Waals surface area contributed by atoms with Gasteiger partial charge in [-0.3, -0.25) is 0 Å². The highest BCUT2D eigenvalue weighted by molar-refractivity contribution is 9.28. The molecule has 1 amide bonds. The van der Waals surface area contributed by atoms with Gasteiger partial charge in [0.05, 0.1) is 3.39 Å². The molecule has 92 valence electrons. The number of nitrogens with zero attached hydrogens (tertiary/aromatic N) is 1. The summed E-state index contributed by atoms with van der Waals surface area (Å²) in [7, 11) is 1.64. The lowest BCUT2D eigenvalue weighted by molar-refractivity contribution is 0.141. The Morgan fingerprint density at radius 3 is 2.38 bits per heavy atom. The first kappa shape index (κ1) is 14.0. The van der Waals surface area contributed by atoms with Crippen LogP contribution in [-0.4, -0.2) is 29.7 Å². The smallest absolute Gasteiger partial charge is 0.407 e. The van der Waals surface area contributed by atoms with Gasteiger partial charge < -0.3 is 10.0 Å². The lowest BCUT2D eigenvalue weighted by Crippen LogP contribution is -2.32. The Balaban J connectivity index is 2.32. The highest BCUT2D eigenvalue weighted by atomic mass is 79.9. The zero-order valence-corrected chi connectivity index (χ0v) is 12.5. The van der Waals surface area contributed by atoms with Gasteiger partial charge in [-0.15, -0.1) is 0 Å². The Hall–Kier alpha value is -0.0300. The fraction of sp³-hybridized carbons (Fsp3) is 0.727. The molecule has 0 radical (unpaired) electrons. The van der Waals surface area contributed by atoms with Crippen LogP contribution >= 0.6 is 31.9 Å². The van der Waals surface area contributed by atoms with Crippen LogP contribution in [0.15, 0.2) is 9.47 Å². The maximum atomic E-state index is 10.7. The van der Waals surface area contributed by atoms with Crippen LogP contribution in [0, 0.1) is 11.8 Å². The van der Waals surface area contributed by atoms with E-state index < -0.39 is 6.09 Å². The van der Waals surface area contributed by atoms with E-state index in [1.54, 1.807) is 7.05 Å². The third-order valence-corrected chi connectivity index (χ3v) is 3.64. The van der Waals surface area contributed by atoms with Crippen LogP contribution in [0.1, 0.15) is 25.7 Å². The lowest BCUT2D eigenvalue weighted by atomic mass is 9.82. The first-order valence-electron chi connectivity index (χ1n) is 5.46. The molecule has 0 unspecified atom stereocenters. The Morgan fingerprint density at radius 1 is 1.38 bits per heavy atom. The van der Waals surface area contributed by atoms with Crippen molar-refractivity contribution in [2.75, 3.05) is 13.6 Å². The van der Waals surface area contributed by atoms with Crippen molar-refractivity contribution in [1.29, 1.82) is 0 Å². The van der Waals surface area contributed by atoms with Crippen molar-refractivity contribution in [2.45, 2.75) is 25.7 Å². The second-order valence-corrected chi connectivity index (χ2v) is 7.17. The van der Waals surface area contributed by atoms with Gasteiger partial charge in [0.2, 0.25) is 0 Å².